The van der Waals surface area contributed by atoms with E-state index >= 15 is 0 Å². The van der Waals surface area contributed by atoms with Gasteiger partial charge in [0, 0.05) is 24.1 Å². The maximum Gasteiger partial charge on any atom is 0.0486 e. The molecule has 0 saturated carbocycles. The topological polar surface area (TPSA) is 4.93 Å². The van der Waals surface area contributed by atoms with Crippen molar-refractivity contribution in [1.29, 1.82) is 0 Å². The molecule has 1 aromatic carbocycles. The number of benzene rings is 1. The molecule has 0 bridgehead atoms. The first-order valence-electron chi connectivity index (χ1n) is 4.40. The lowest BCUT2D eigenvalue weighted by Gasteiger charge is -1.96. The van der Waals surface area contributed by atoms with Crippen LogP contribution in [0.1, 0.15) is 11.1 Å². The average Bonchev–Trinajstić information content (AvgIpc) is 2.43. The molecule has 66 valence electrons. The van der Waals surface area contributed by atoms with E-state index in [4.69, 9.17) is 0 Å². The molecule has 0 unspecified atom stereocenters. The highest BCUT2D eigenvalue weighted by atomic mass is 14.9. The molecule has 0 saturated heterocycles. The van der Waals surface area contributed by atoms with Crippen LogP contribution in [-0.2, 0) is 7.05 Å². The summed E-state index contributed by atoms with van der Waals surface area (Å²) in [6.07, 6.45) is 4.01. The van der Waals surface area contributed by atoms with Gasteiger partial charge < -0.3 is 4.57 Å². The molecular formula is C12H13N. The van der Waals surface area contributed by atoms with E-state index in [9.17, 15) is 0 Å². The van der Waals surface area contributed by atoms with E-state index in [-0.39, 0.29) is 0 Å². The van der Waals surface area contributed by atoms with Crippen LogP contribution in [0.4, 0.5) is 0 Å². The van der Waals surface area contributed by atoms with Gasteiger partial charge in [-0.05, 0) is 24.1 Å². The highest BCUT2D eigenvalue weighted by Gasteiger charge is 2.02. The molecule has 0 fully saturated rings. The summed E-state index contributed by atoms with van der Waals surface area (Å²) in [5.74, 6) is 0. The second-order valence-electron chi connectivity index (χ2n) is 3.42. The SMILES string of the molecule is C=Cc1cn(C)c2cc(C)ccc12. The molecule has 1 heterocycles. The summed E-state index contributed by atoms with van der Waals surface area (Å²) in [4.78, 5) is 0. The van der Waals surface area contributed by atoms with Gasteiger partial charge >= 0.3 is 0 Å². The predicted octanol–water partition coefficient (Wildman–Crippen LogP) is 3.13. The Balaban J connectivity index is 2.88. The quantitative estimate of drug-likeness (QED) is 0.621. The monoisotopic (exact) mass is 171 g/mol. The number of aryl methyl sites for hydroxylation is 2. The van der Waals surface area contributed by atoms with Crippen molar-refractivity contribution in [3.63, 3.8) is 0 Å². The van der Waals surface area contributed by atoms with Gasteiger partial charge in [0.05, 0.1) is 0 Å². The van der Waals surface area contributed by atoms with E-state index in [2.05, 4.69) is 49.5 Å². The first-order chi connectivity index (χ1) is 6.22. The minimum Gasteiger partial charge on any atom is -0.350 e. The lowest BCUT2D eigenvalue weighted by atomic mass is 10.1. The van der Waals surface area contributed by atoms with Crippen LogP contribution >= 0.6 is 0 Å². The fraction of sp³-hybridized carbons (Fsp3) is 0.167. The average molecular weight is 171 g/mol. The molecule has 0 aliphatic rings. The van der Waals surface area contributed by atoms with Crippen LogP contribution in [0.25, 0.3) is 17.0 Å². The Morgan fingerprint density at radius 3 is 2.85 bits per heavy atom. The summed E-state index contributed by atoms with van der Waals surface area (Å²) < 4.78 is 2.14. The van der Waals surface area contributed by atoms with Crippen molar-refractivity contribution in [3.05, 3.63) is 42.1 Å². The Kier molecular flexibility index (Phi) is 1.73. The molecule has 0 atom stereocenters. The zero-order chi connectivity index (χ0) is 9.42. The molecule has 0 amide bonds. The normalized spacial score (nSPS) is 10.6. The molecule has 0 radical (unpaired) electrons. The van der Waals surface area contributed by atoms with E-state index < -0.39 is 0 Å². The summed E-state index contributed by atoms with van der Waals surface area (Å²) in [6, 6.07) is 6.49. The number of hydrogen-bond donors (Lipinski definition) is 0. The number of aromatic nitrogens is 1. The maximum atomic E-state index is 3.80. The van der Waals surface area contributed by atoms with Gasteiger partial charge in [0.1, 0.15) is 0 Å². The molecule has 1 aromatic heterocycles. The summed E-state index contributed by atoms with van der Waals surface area (Å²) >= 11 is 0. The highest BCUT2D eigenvalue weighted by molar-refractivity contribution is 5.89. The van der Waals surface area contributed by atoms with Crippen molar-refractivity contribution in [2.75, 3.05) is 0 Å². The molecule has 1 nitrogen and oxygen atoms in total. The summed E-state index contributed by atoms with van der Waals surface area (Å²) in [5.41, 5.74) is 3.77. The molecule has 2 aromatic rings. The van der Waals surface area contributed by atoms with Gasteiger partial charge in [-0.1, -0.05) is 24.8 Å². The van der Waals surface area contributed by atoms with Crippen molar-refractivity contribution in [2.45, 2.75) is 6.92 Å². The molecule has 0 spiro atoms. The van der Waals surface area contributed by atoms with Crippen molar-refractivity contribution in [1.82, 2.24) is 4.57 Å². The van der Waals surface area contributed by atoms with Crippen LogP contribution in [-0.4, -0.2) is 4.57 Å². The third-order valence-electron chi connectivity index (χ3n) is 2.40. The standard InChI is InChI=1S/C12H13N/c1-4-10-8-13(3)12-7-9(2)5-6-11(10)12/h4-8H,1H2,2-3H3. The molecule has 0 aliphatic carbocycles. The van der Waals surface area contributed by atoms with E-state index in [1.54, 1.807) is 0 Å². The van der Waals surface area contributed by atoms with Crippen LogP contribution in [0.5, 0.6) is 0 Å². The number of fused-ring (bicyclic) bond motifs is 1. The summed E-state index contributed by atoms with van der Waals surface area (Å²) in [5, 5.41) is 1.28. The predicted molar refractivity (Wildman–Crippen MR) is 57.7 cm³/mol. The third-order valence-corrected chi connectivity index (χ3v) is 2.40. The van der Waals surface area contributed by atoms with E-state index in [0.717, 1.165) is 0 Å². The minimum atomic E-state index is 1.21. The van der Waals surface area contributed by atoms with Gasteiger partial charge in [0.15, 0.2) is 0 Å². The Hall–Kier alpha value is -1.50. The minimum absolute atomic E-state index is 1.21. The maximum absolute atomic E-state index is 3.80. The molecule has 0 N–H and O–H groups in total. The van der Waals surface area contributed by atoms with Gasteiger partial charge in [-0.3, -0.25) is 0 Å². The lowest BCUT2D eigenvalue weighted by Crippen LogP contribution is -1.83. The fourth-order valence-electron chi connectivity index (χ4n) is 1.69. The van der Waals surface area contributed by atoms with Gasteiger partial charge in [-0.15, -0.1) is 0 Å². The Bertz CT molecular complexity index is 463. The van der Waals surface area contributed by atoms with Crippen LogP contribution in [0, 0.1) is 6.92 Å². The largest absolute Gasteiger partial charge is 0.350 e. The second kappa shape index (κ2) is 2.77. The van der Waals surface area contributed by atoms with Crippen LogP contribution in [0.15, 0.2) is 31.0 Å². The Morgan fingerprint density at radius 2 is 2.15 bits per heavy atom. The van der Waals surface area contributed by atoms with E-state index in [0.29, 0.717) is 0 Å². The number of hydrogen-bond acceptors (Lipinski definition) is 0. The van der Waals surface area contributed by atoms with Gasteiger partial charge in [-0.25, -0.2) is 0 Å². The fourth-order valence-corrected chi connectivity index (χ4v) is 1.69. The van der Waals surface area contributed by atoms with Gasteiger partial charge in [0.25, 0.3) is 0 Å². The first kappa shape index (κ1) is 8.11. The second-order valence-corrected chi connectivity index (χ2v) is 3.42. The van der Waals surface area contributed by atoms with Crippen LogP contribution in [0.2, 0.25) is 0 Å². The third kappa shape index (κ3) is 1.17. The Labute approximate surface area is 78.3 Å². The molecule has 1 heteroatoms. The number of rotatable bonds is 1. The first-order valence-corrected chi connectivity index (χ1v) is 4.40. The Morgan fingerprint density at radius 1 is 1.38 bits per heavy atom. The van der Waals surface area contributed by atoms with E-state index in [1.165, 1.54) is 22.0 Å². The van der Waals surface area contributed by atoms with Gasteiger partial charge in [0.2, 0.25) is 0 Å². The smallest absolute Gasteiger partial charge is 0.0486 e. The van der Waals surface area contributed by atoms with Crippen LogP contribution in [0.3, 0.4) is 0 Å². The van der Waals surface area contributed by atoms with Crippen molar-refractivity contribution in [3.8, 4) is 0 Å². The number of nitrogens with zero attached hydrogens (tertiary/aromatic N) is 1. The molecule has 13 heavy (non-hydrogen) atoms. The zero-order valence-corrected chi connectivity index (χ0v) is 8.04. The summed E-state index contributed by atoms with van der Waals surface area (Å²) in [6.45, 7) is 5.91. The molecular weight excluding hydrogens is 158 g/mol. The van der Waals surface area contributed by atoms with Gasteiger partial charge in [-0.2, -0.15) is 0 Å². The summed E-state index contributed by atoms with van der Waals surface area (Å²) in [7, 11) is 2.06. The zero-order valence-electron chi connectivity index (χ0n) is 8.04. The van der Waals surface area contributed by atoms with Crippen LogP contribution < -0.4 is 0 Å². The lowest BCUT2D eigenvalue weighted by molar-refractivity contribution is 0.967. The van der Waals surface area contributed by atoms with Crippen molar-refractivity contribution < 1.29 is 0 Å². The highest BCUT2D eigenvalue weighted by Crippen LogP contribution is 2.22. The van der Waals surface area contributed by atoms with Crippen molar-refractivity contribution >= 4 is 17.0 Å². The van der Waals surface area contributed by atoms with E-state index in [1.807, 2.05) is 6.08 Å². The molecule has 0 aliphatic heterocycles. The van der Waals surface area contributed by atoms with Crippen molar-refractivity contribution in [2.24, 2.45) is 7.05 Å². The molecule has 2 rings (SSSR count).